The van der Waals surface area contributed by atoms with Gasteiger partial charge < -0.3 is 15.1 Å². The van der Waals surface area contributed by atoms with Crippen molar-refractivity contribution in [1.82, 2.24) is 15.1 Å². The van der Waals surface area contributed by atoms with Crippen LogP contribution in [0.1, 0.15) is 51.4 Å². The lowest BCUT2D eigenvalue weighted by Gasteiger charge is -2.33. The molecule has 0 unspecified atom stereocenters. The van der Waals surface area contributed by atoms with E-state index in [-0.39, 0.29) is 6.03 Å². The third-order valence-electron chi connectivity index (χ3n) is 4.81. The molecule has 3 fully saturated rings. The molecule has 3 rings (SSSR count). The molecule has 3 aliphatic rings. The highest BCUT2D eigenvalue weighted by atomic mass is 16.2. The van der Waals surface area contributed by atoms with E-state index in [1.165, 1.54) is 51.6 Å². The SMILES string of the molecule is O=C(NC1CCN(C2CC2)CC1)N1CCCCCC1. The Bertz CT molecular complexity index is 301. The normalized spacial score (nSPS) is 27.1. The Labute approximate surface area is 116 Å². The molecule has 0 aromatic heterocycles. The summed E-state index contributed by atoms with van der Waals surface area (Å²) >= 11 is 0. The van der Waals surface area contributed by atoms with Crippen molar-refractivity contribution in [1.29, 1.82) is 0 Å². The topological polar surface area (TPSA) is 35.6 Å². The Morgan fingerprint density at radius 2 is 1.47 bits per heavy atom. The average Bonchev–Trinajstić information content (AvgIpc) is 3.26. The van der Waals surface area contributed by atoms with Crippen molar-refractivity contribution in [3.8, 4) is 0 Å². The van der Waals surface area contributed by atoms with Gasteiger partial charge in [0.1, 0.15) is 0 Å². The third kappa shape index (κ3) is 3.62. The van der Waals surface area contributed by atoms with Gasteiger partial charge in [-0.3, -0.25) is 0 Å². The van der Waals surface area contributed by atoms with Gasteiger partial charge in [-0.25, -0.2) is 4.79 Å². The van der Waals surface area contributed by atoms with Crippen LogP contribution in [0.3, 0.4) is 0 Å². The summed E-state index contributed by atoms with van der Waals surface area (Å²) in [5.74, 6) is 0. The molecule has 0 atom stereocenters. The van der Waals surface area contributed by atoms with Gasteiger partial charge >= 0.3 is 6.03 Å². The van der Waals surface area contributed by atoms with Crippen molar-refractivity contribution >= 4 is 6.03 Å². The van der Waals surface area contributed by atoms with Gasteiger partial charge in [0.15, 0.2) is 0 Å². The molecule has 2 saturated heterocycles. The summed E-state index contributed by atoms with van der Waals surface area (Å²) in [5, 5.41) is 3.26. The van der Waals surface area contributed by atoms with Crippen LogP contribution in [0.15, 0.2) is 0 Å². The Kier molecular flexibility index (Phi) is 4.26. The minimum absolute atomic E-state index is 0.187. The molecule has 0 spiro atoms. The zero-order chi connectivity index (χ0) is 13.1. The lowest BCUT2D eigenvalue weighted by atomic mass is 10.1. The first-order valence-corrected chi connectivity index (χ1v) is 8.12. The molecule has 2 amide bonds. The largest absolute Gasteiger partial charge is 0.335 e. The van der Waals surface area contributed by atoms with E-state index in [1.807, 2.05) is 4.90 Å². The van der Waals surface area contributed by atoms with Crippen LogP contribution < -0.4 is 5.32 Å². The zero-order valence-corrected chi connectivity index (χ0v) is 11.9. The Morgan fingerprint density at radius 3 is 2.05 bits per heavy atom. The van der Waals surface area contributed by atoms with E-state index in [0.717, 1.165) is 32.0 Å². The summed E-state index contributed by atoms with van der Waals surface area (Å²) in [6.07, 6.45) is 9.97. The van der Waals surface area contributed by atoms with Gasteiger partial charge in [-0.15, -0.1) is 0 Å². The third-order valence-corrected chi connectivity index (χ3v) is 4.81. The van der Waals surface area contributed by atoms with E-state index in [2.05, 4.69) is 10.2 Å². The molecular formula is C15H27N3O. The minimum Gasteiger partial charge on any atom is -0.335 e. The predicted octanol–water partition coefficient (Wildman–Crippen LogP) is 2.20. The number of hydrogen-bond acceptors (Lipinski definition) is 2. The maximum atomic E-state index is 12.2. The van der Waals surface area contributed by atoms with Crippen LogP contribution in [-0.2, 0) is 0 Å². The van der Waals surface area contributed by atoms with Gasteiger partial charge in [0, 0.05) is 38.3 Å². The highest BCUT2D eigenvalue weighted by molar-refractivity contribution is 5.74. The molecule has 2 heterocycles. The second-order valence-corrected chi connectivity index (χ2v) is 6.39. The summed E-state index contributed by atoms with van der Waals surface area (Å²) in [7, 11) is 0. The summed E-state index contributed by atoms with van der Waals surface area (Å²) in [5.41, 5.74) is 0. The summed E-state index contributed by atoms with van der Waals surface area (Å²) in [4.78, 5) is 16.9. The molecule has 0 aromatic carbocycles. The molecule has 0 radical (unpaired) electrons. The van der Waals surface area contributed by atoms with E-state index < -0.39 is 0 Å². The molecule has 0 aromatic rings. The van der Waals surface area contributed by atoms with Gasteiger partial charge in [0.2, 0.25) is 0 Å². The monoisotopic (exact) mass is 265 g/mol. The van der Waals surface area contributed by atoms with Crippen LogP contribution in [0.5, 0.6) is 0 Å². The molecular weight excluding hydrogens is 238 g/mol. The van der Waals surface area contributed by atoms with E-state index >= 15 is 0 Å². The molecule has 2 aliphatic heterocycles. The highest BCUT2D eigenvalue weighted by Crippen LogP contribution is 2.29. The first kappa shape index (κ1) is 13.2. The van der Waals surface area contributed by atoms with Crippen LogP contribution in [-0.4, -0.2) is 54.1 Å². The summed E-state index contributed by atoms with van der Waals surface area (Å²) in [6, 6.07) is 1.47. The number of hydrogen-bond donors (Lipinski definition) is 1. The lowest BCUT2D eigenvalue weighted by Crippen LogP contribution is -2.49. The van der Waals surface area contributed by atoms with Gasteiger partial charge in [0.25, 0.3) is 0 Å². The Balaban J connectivity index is 1.41. The van der Waals surface area contributed by atoms with E-state index in [9.17, 15) is 4.79 Å². The first-order chi connectivity index (χ1) is 9.33. The molecule has 4 heteroatoms. The molecule has 0 bridgehead atoms. The fourth-order valence-electron chi connectivity index (χ4n) is 3.39. The van der Waals surface area contributed by atoms with Crippen molar-refractivity contribution in [2.24, 2.45) is 0 Å². The summed E-state index contributed by atoms with van der Waals surface area (Å²) < 4.78 is 0. The first-order valence-electron chi connectivity index (χ1n) is 8.12. The van der Waals surface area contributed by atoms with Crippen LogP contribution in [0.25, 0.3) is 0 Å². The number of amides is 2. The molecule has 108 valence electrons. The second-order valence-electron chi connectivity index (χ2n) is 6.39. The lowest BCUT2D eigenvalue weighted by molar-refractivity contribution is 0.169. The molecule has 4 nitrogen and oxygen atoms in total. The number of nitrogens with zero attached hydrogens (tertiary/aromatic N) is 2. The molecule has 19 heavy (non-hydrogen) atoms. The molecule has 1 N–H and O–H groups in total. The number of carbonyl (C=O) groups excluding carboxylic acids is 1. The highest BCUT2D eigenvalue weighted by Gasteiger charge is 2.32. The Hall–Kier alpha value is -0.770. The quantitative estimate of drug-likeness (QED) is 0.831. The smallest absolute Gasteiger partial charge is 0.317 e. The van der Waals surface area contributed by atoms with Gasteiger partial charge in [-0.2, -0.15) is 0 Å². The van der Waals surface area contributed by atoms with Gasteiger partial charge in [0.05, 0.1) is 0 Å². The van der Waals surface area contributed by atoms with Gasteiger partial charge in [-0.1, -0.05) is 12.8 Å². The van der Waals surface area contributed by atoms with Crippen LogP contribution in [0.4, 0.5) is 4.79 Å². The number of piperidine rings is 1. The van der Waals surface area contributed by atoms with Gasteiger partial charge in [-0.05, 0) is 38.5 Å². The number of nitrogens with one attached hydrogen (secondary N) is 1. The van der Waals surface area contributed by atoms with E-state index in [1.54, 1.807) is 0 Å². The summed E-state index contributed by atoms with van der Waals surface area (Å²) in [6.45, 7) is 4.25. The fourth-order valence-corrected chi connectivity index (χ4v) is 3.39. The second kappa shape index (κ2) is 6.12. The molecule has 1 aliphatic carbocycles. The van der Waals surface area contributed by atoms with Crippen molar-refractivity contribution in [3.05, 3.63) is 0 Å². The predicted molar refractivity (Wildman–Crippen MR) is 76.2 cm³/mol. The van der Waals surface area contributed by atoms with Crippen LogP contribution in [0.2, 0.25) is 0 Å². The number of likely N-dealkylation sites (tertiary alicyclic amines) is 2. The van der Waals surface area contributed by atoms with Crippen molar-refractivity contribution in [3.63, 3.8) is 0 Å². The van der Waals surface area contributed by atoms with Crippen molar-refractivity contribution in [2.75, 3.05) is 26.2 Å². The number of carbonyl (C=O) groups is 1. The maximum absolute atomic E-state index is 12.2. The van der Waals surface area contributed by atoms with Crippen LogP contribution in [0, 0.1) is 0 Å². The number of rotatable bonds is 2. The van der Waals surface area contributed by atoms with E-state index in [4.69, 9.17) is 0 Å². The maximum Gasteiger partial charge on any atom is 0.317 e. The molecule has 1 saturated carbocycles. The fraction of sp³-hybridized carbons (Fsp3) is 0.933. The Morgan fingerprint density at radius 1 is 0.842 bits per heavy atom. The number of urea groups is 1. The van der Waals surface area contributed by atoms with Crippen molar-refractivity contribution < 1.29 is 4.79 Å². The van der Waals surface area contributed by atoms with Crippen LogP contribution >= 0.6 is 0 Å². The standard InChI is InChI=1S/C15H27N3O/c19-15(18-9-3-1-2-4-10-18)16-13-7-11-17(12-8-13)14-5-6-14/h13-14H,1-12H2,(H,16,19). The minimum atomic E-state index is 0.187. The van der Waals surface area contributed by atoms with E-state index in [0.29, 0.717) is 6.04 Å². The zero-order valence-electron chi connectivity index (χ0n) is 11.9. The van der Waals surface area contributed by atoms with Crippen molar-refractivity contribution in [2.45, 2.75) is 63.5 Å². The average molecular weight is 265 g/mol.